The SMILES string of the molecule is Cn1cc(-c2cnc(N)c(-c3nc4ccc(C(=O)c5ccccc5)cc4[nH]3)c2)cn1. The number of benzene rings is 2. The van der Waals surface area contributed by atoms with E-state index in [0.717, 1.165) is 22.2 Å². The topological polar surface area (TPSA) is 102 Å². The van der Waals surface area contributed by atoms with Crippen LogP contribution in [-0.4, -0.2) is 30.5 Å². The number of hydrogen-bond donors (Lipinski definition) is 2. The molecule has 146 valence electrons. The molecule has 3 aromatic heterocycles. The molecule has 3 N–H and O–H groups in total. The van der Waals surface area contributed by atoms with Crippen LogP contribution in [0.1, 0.15) is 15.9 Å². The highest BCUT2D eigenvalue weighted by molar-refractivity contribution is 6.10. The summed E-state index contributed by atoms with van der Waals surface area (Å²) in [6.07, 6.45) is 5.41. The van der Waals surface area contributed by atoms with Crippen LogP contribution in [-0.2, 0) is 7.05 Å². The van der Waals surface area contributed by atoms with Crippen molar-refractivity contribution in [1.29, 1.82) is 0 Å². The predicted molar refractivity (Wildman–Crippen MR) is 116 cm³/mol. The molecule has 0 fully saturated rings. The first-order chi connectivity index (χ1) is 14.6. The molecule has 0 bridgehead atoms. The van der Waals surface area contributed by atoms with Crippen LogP contribution in [0.2, 0.25) is 0 Å². The fourth-order valence-electron chi connectivity index (χ4n) is 3.43. The van der Waals surface area contributed by atoms with E-state index in [2.05, 4.69) is 20.1 Å². The van der Waals surface area contributed by atoms with Crippen LogP contribution in [0.3, 0.4) is 0 Å². The summed E-state index contributed by atoms with van der Waals surface area (Å²) in [5.41, 5.74) is 11.4. The molecule has 0 aliphatic heterocycles. The second-order valence-corrected chi connectivity index (χ2v) is 7.07. The van der Waals surface area contributed by atoms with Crippen molar-refractivity contribution < 1.29 is 4.79 Å². The highest BCUT2D eigenvalue weighted by atomic mass is 16.1. The third kappa shape index (κ3) is 3.12. The second kappa shape index (κ2) is 6.97. The van der Waals surface area contributed by atoms with Gasteiger partial charge < -0.3 is 10.7 Å². The quantitative estimate of drug-likeness (QED) is 0.451. The Kier molecular flexibility index (Phi) is 4.14. The molecule has 0 saturated heterocycles. The highest BCUT2D eigenvalue weighted by Crippen LogP contribution is 2.29. The maximum Gasteiger partial charge on any atom is 0.193 e. The fraction of sp³-hybridized carbons (Fsp3) is 0.0435. The number of nitrogens with one attached hydrogen (secondary N) is 1. The van der Waals surface area contributed by atoms with Gasteiger partial charge in [-0.15, -0.1) is 0 Å². The van der Waals surface area contributed by atoms with Crippen LogP contribution >= 0.6 is 0 Å². The van der Waals surface area contributed by atoms with Crippen LogP contribution in [0.5, 0.6) is 0 Å². The van der Waals surface area contributed by atoms with E-state index in [1.54, 1.807) is 35.3 Å². The Labute approximate surface area is 172 Å². The monoisotopic (exact) mass is 394 g/mol. The minimum absolute atomic E-state index is 0.0339. The summed E-state index contributed by atoms with van der Waals surface area (Å²) in [5.74, 6) is 0.945. The van der Waals surface area contributed by atoms with Crippen LogP contribution < -0.4 is 5.73 Å². The Morgan fingerprint density at radius 2 is 1.83 bits per heavy atom. The lowest BCUT2D eigenvalue weighted by molar-refractivity contribution is 0.103. The molecule has 30 heavy (non-hydrogen) atoms. The van der Waals surface area contributed by atoms with Crippen molar-refractivity contribution in [2.75, 3.05) is 5.73 Å². The highest BCUT2D eigenvalue weighted by Gasteiger charge is 2.14. The molecule has 0 radical (unpaired) electrons. The molecule has 0 saturated carbocycles. The van der Waals surface area contributed by atoms with Crippen LogP contribution in [0.25, 0.3) is 33.5 Å². The van der Waals surface area contributed by atoms with Gasteiger partial charge in [0.15, 0.2) is 5.78 Å². The van der Waals surface area contributed by atoms with Gasteiger partial charge in [-0.05, 0) is 24.3 Å². The number of H-pyrrole nitrogens is 1. The number of aromatic nitrogens is 5. The molecule has 7 heteroatoms. The zero-order valence-corrected chi connectivity index (χ0v) is 16.2. The van der Waals surface area contributed by atoms with Gasteiger partial charge >= 0.3 is 0 Å². The number of nitrogens with zero attached hydrogens (tertiary/aromatic N) is 4. The first kappa shape index (κ1) is 17.8. The number of fused-ring (bicyclic) bond motifs is 1. The van der Waals surface area contributed by atoms with Gasteiger partial charge in [0.05, 0.1) is 22.8 Å². The number of nitrogens with two attached hydrogens (primary N) is 1. The Morgan fingerprint density at radius 3 is 2.60 bits per heavy atom. The van der Waals surface area contributed by atoms with Gasteiger partial charge in [0, 0.05) is 41.7 Å². The molecule has 5 rings (SSSR count). The zero-order valence-electron chi connectivity index (χ0n) is 16.2. The molecule has 0 spiro atoms. The molecular formula is C23H18N6O. The molecule has 0 aliphatic carbocycles. The van der Waals surface area contributed by atoms with Crippen molar-refractivity contribution >= 4 is 22.6 Å². The number of imidazole rings is 1. The maximum absolute atomic E-state index is 12.8. The summed E-state index contributed by atoms with van der Waals surface area (Å²) in [7, 11) is 1.86. The van der Waals surface area contributed by atoms with E-state index in [-0.39, 0.29) is 5.78 Å². The van der Waals surface area contributed by atoms with Gasteiger partial charge in [0.1, 0.15) is 11.6 Å². The van der Waals surface area contributed by atoms with E-state index in [9.17, 15) is 4.79 Å². The lowest BCUT2D eigenvalue weighted by Crippen LogP contribution is -2.00. The summed E-state index contributed by atoms with van der Waals surface area (Å²) >= 11 is 0. The van der Waals surface area contributed by atoms with Gasteiger partial charge in [-0.25, -0.2) is 9.97 Å². The third-order valence-electron chi connectivity index (χ3n) is 4.99. The Bertz CT molecular complexity index is 1380. The number of ketones is 1. The maximum atomic E-state index is 12.8. The lowest BCUT2D eigenvalue weighted by Gasteiger charge is -2.04. The van der Waals surface area contributed by atoms with Crippen molar-refractivity contribution in [1.82, 2.24) is 24.7 Å². The Morgan fingerprint density at radius 1 is 1.00 bits per heavy atom. The van der Waals surface area contributed by atoms with Crippen LogP contribution in [0.15, 0.2) is 73.2 Å². The average Bonchev–Trinajstić information content (AvgIpc) is 3.39. The Hall–Kier alpha value is -4.26. The van der Waals surface area contributed by atoms with Gasteiger partial charge in [-0.2, -0.15) is 5.10 Å². The number of nitrogen functional groups attached to an aromatic ring is 1. The molecule has 0 atom stereocenters. The molecule has 3 heterocycles. The summed E-state index contributed by atoms with van der Waals surface area (Å²) in [4.78, 5) is 25.0. The number of rotatable bonds is 4. The van der Waals surface area contributed by atoms with E-state index in [4.69, 9.17) is 5.73 Å². The van der Waals surface area contributed by atoms with Crippen molar-refractivity contribution in [3.8, 4) is 22.5 Å². The average molecular weight is 394 g/mol. The van der Waals surface area contributed by atoms with Gasteiger partial charge in [-0.1, -0.05) is 30.3 Å². The number of carbonyl (C=O) groups excluding carboxylic acids is 1. The molecule has 5 aromatic rings. The molecule has 2 aromatic carbocycles. The Balaban J connectivity index is 1.55. The molecule has 7 nitrogen and oxygen atoms in total. The summed E-state index contributed by atoms with van der Waals surface area (Å²) in [5, 5.41) is 4.21. The first-order valence-electron chi connectivity index (χ1n) is 9.43. The van der Waals surface area contributed by atoms with Crippen molar-refractivity contribution in [3.63, 3.8) is 0 Å². The van der Waals surface area contributed by atoms with E-state index in [1.165, 1.54) is 0 Å². The minimum atomic E-state index is -0.0339. The minimum Gasteiger partial charge on any atom is -0.383 e. The smallest absolute Gasteiger partial charge is 0.193 e. The van der Waals surface area contributed by atoms with Crippen LogP contribution in [0.4, 0.5) is 5.82 Å². The van der Waals surface area contributed by atoms with E-state index in [0.29, 0.717) is 28.3 Å². The van der Waals surface area contributed by atoms with E-state index < -0.39 is 0 Å². The standard InChI is InChI=1S/C23H18N6O/c1-29-13-17(12-26-29)16-9-18(22(24)25-11-16)23-27-19-8-7-15(10-20(19)28-23)21(30)14-5-3-2-4-6-14/h2-13H,1H3,(H2,24,25)(H,27,28). The normalized spacial score (nSPS) is 11.1. The lowest BCUT2D eigenvalue weighted by atomic mass is 10.0. The number of hydrogen-bond acceptors (Lipinski definition) is 5. The largest absolute Gasteiger partial charge is 0.383 e. The third-order valence-corrected chi connectivity index (χ3v) is 4.99. The number of aryl methyl sites for hydroxylation is 1. The summed E-state index contributed by atoms with van der Waals surface area (Å²) < 4.78 is 1.73. The van der Waals surface area contributed by atoms with Gasteiger partial charge in [0.25, 0.3) is 0 Å². The predicted octanol–water partition coefficient (Wildman–Crippen LogP) is 3.84. The molecule has 0 amide bonds. The van der Waals surface area contributed by atoms with Crippen molar-refractivity contribution in [2.45, 2.75) is 0 Å². The zero-order chi connectivity index (χ0) is 20.7. The summed E-state index contributed by atoms with van der Waals surface area (Å²) in [6.45, 7) is 0. The number of pyridine rings is 1. The van der Waals surface area contributed by atoms with E-state index in [1.807, 2.05) is 49.6 Å². The number of aromatic amines is 1. The molecular weight excluding hydrogens is 376 g/mol. The number of anilines is 1. The molecule has 0 aliphatic rings. The number of carbonyl (C=O) groups is 1. The van der Waals surface area contributed by atoms with Crippen molar-refractivity contribution in [2.24, 2.45) is 7.05 Å². The first-order valence-corrected chi connectivity index (χ1v) is 9.43. The van der Waals surface area contributed by atoms with Crippen LogP contribution in [0, 0.1) is 0 Å². The fourth-order valence-corrected chi connectivity index (χ4v) is 3.43. The second-order valence-electron chi connectivity index (χ2n) is 7.07. The van der Waals surface area contributed by atoms with Gasteiger partial charge in [0.2, 0.25) is 0 Å². The van der Waals surface area contributed by atoms with Gasteiger partial charge in [-0.3, -0.25) is 9.48 Å². The van der Waals surface area contributed by atoms with E-state index >= 15 is 0 Å². The van der Waals surface area contributed by atoms with Crippen molar-refractivity contribution in [3.05, 3.63) is 84.3 Å². The molecule has 0 unspecified atom stereocenters. The summed E-state index contributed by atoms with van der Waals surface area (Å²) in [6, 6.07) is 16.6.